The summed E-state index contributed by atoms with van der Waals surface area (Å²) in [6, 6.07) is 2.35. The molecule has 2 unspecified atom stereocenters. The van der Waals surface area contributed by atoms with Crippen LogP contribution in [0.2, 0.25) is 0 Å². The number of hydrogen-bond donors (Lipinski definition) is 2. The summed E-state index contributed by atoms with van der Waals surface area (Å²) in [5, 5.41) is 17.5. The molecule has 23 heavy (non-hydrogen) atoms. The maximum Gasteiger partial charge on any atom is 0.272 e. The fourth-order valence-corrected chi connectivity index (χ4v) is 3.82. The molecule has 1 saturated carbocycles. The highest BCUT2D eigenvalue weighted by atomic mass is 16.3. The molecule has 1 saturated heterocycles. The summed E-state index contributed by atoms with van der Waals surface area (Å²) in [5.41, 5.74) is 1.48. The summed E-state index contributed by atoms with van der Waals surface area (Å²) < 4.78 is 1.72. The Morgan fingerprint density at radius 1 is 1.26 bits per heavy atom. The molecule has 128 valence electrons. The van der Waals surface area contributed by atoms with Gasteiger partial charge >= 0.3 is 0 Å². The molecule has 1 aromatic heterocycles. The van der Waals surface area contributed by atoms with E-state index in [0.717, 1.165) is 50.9 Å². The van der Waals surface area contributed by atoms with Crippen LogP contribution in [-0.2, 0) is 7.05 Å². The van der Waals surface area contributed by atoms with Gasteiger partial charge in [-0.1, -0.05) is 12.8 Å². The predicted octanol–water partition coefficient (Wildman–Crippen LogP) is 1.23. The molecule has 1 aromatic rings. The number of carbonyl (C=O) groups excluding carboxylic acids is 1. The van der Waals surface area contributed by atoms with E-state index in [1.807, 2.05) is 20.0 Å². The lowest BCUT2D eigenvalue weighted by Gasteiger charge is -2.41. The minimum atomic E-state index is -0.175. The number of likely N-dealkylation sites (tertiary alicyclic amines) is 1. The van der Waals surface area contributed by atoms with Gasteiger partial charge in [-0.15, -0.1) is 0 Å². The molecule has 3 rings (SSSR count). The fraction of sp³-hybridized carbons (Fsp3) is 0.765. The van der Waals surface area contributed by atoms with E-state index in [9.17, 15) is 9.90 Å². The van der Waals surface area contributed by atoms with Gasteiger partial charge in [-0.3, -0.25) is 14.4 Å². The van der Waals surface area contributed by atoms with Crippen molar-refractivity contribution >= 4 is 5.91 Å². The average Bonchev–Trinajstić information content (AvgIpc) is 2.88. The normalized spacial score (nSPS) is 27.1. The van der Waals surface area contributed by atoms with E-state index in [0.29, 0.717) is 11.7 Å². The second-order valence-electron chi connectivity index (χ2n) is 7.00. The summed E-state index contributed by atoms with van der Waals surface area (Å²) >= 11 is 0. The lowest BCUT2D eigenvalue weighted by molar-refractivity contribution is 0.00726. The Morgan fingerprint density at radius 2 is 1.96 bits per heavy atom. The van der Waals surface area contributed by atoms with Crippen LogP contribution in [0.3, 0.4) is 0 Å². The number of rotatable bonds is 3. The topological polar surface area (TPSA) is 70.4 Å². The second-order valence-corrected chi connectivity index (χ2v) is 7.00. The number of aromatic nitrogens is 2. The molecule has 2 N–H and O–H groups in total. The smallest absolute Gasteiger partial charge is 0.272 e. The first-order valence-electron chi connectivity index (χ1n) is 8.78. The van der Waals surface area contributed by atoms with E-state index in [1.165, 1.54) is 6.42 Å². The van der Waals surface area contributed by atoms with Gasteiger partial charge < -0.3 is 10.4 Å². The number of nitrogens with one attached hydrogen (secondary N) is 1. The van der Waals surface area contributed by atoms with Gasteiger partial charge in [0.15, 0.2) is 0 Å². The first kappa shape index (κ1) is 16.5. The zero-order valence-electron chi connectivity index (χ0n) is 14.2. The SMILES string of the molecule is Cc1cc(C(=O)NC2CCN(C3CCCCC3O)CC2)nn1C. The number of nitrogens with zero attached hydrogens (tertiary/aromatic N) is 3. The highest BCUT2D eigenvalue weighted by molar-refractivity contribution is 5.92. The van der Waals surface area contributed by atoms with Gasteiger partial charge in [-0.25, -0.2) is 0 Å². The third-order valence-electron chi connectivity index (χ3n) is 5.37. The molecule has 1 aliphatic carbocycles. The Hall–Kier alpha value is -1.40. The molecule has 2 aliphatic rings. The highest BCUT2D eigenvalue weighted by Crippen LogP contribution is 2.25. The molecule has 0 aromatic carbocycles. The van der Waals surface area contributed by atoms with Gasteiger partial charge in [-0.2, -0.15) is 5.10 Å². The lowest BCUT2D eigenvalue weighted by Crippen LogP contribution is -2.52. The number of amides is 1. The molecule has 0 bridgehead atoms. The van der Waals surface area contributed by atoms with Crippen molar-refractivity contribution in [2.24, 2.45) is 7.05 Å². The molecule has 1 amide bonds. The van der Waals surface area contributed by atoms with Gasteiger partial charge in [-0.05, 0) is 38.7 Å². The largest absolute Gasteiger partial charge is 0.391 e. The lowest BCUT2D eigenvalue weighted by atomic mass is 9.89. The monoisotopic (exact) mass is 320 g/mol. The van der Waals surface area contributed by atoms with Gasteiger partial charge in [0.1, 0.15) is 5.69 Å². The van der Waals surface area contributed by atoms with Gasteiger partial charge in [0.25, 0.3) is 5.91 Å². The summed E-state index contributed by atoms with van der Waals surface area (Å²) in [4.78, 5) is 14.7. The standard InChI is InChI=1S/C17H28N4O2/c1-12-11-14(19-20(12)2)17(23)18-13-7-9-21(10-8-13)15-5-3-4-6-16(15)22/h11,13,15-16,22H,3-10H2,1-2H3,(H,18,23). The molecule has 6 heteroatoms. The Morgan fingerprint density at radius 3 is 2.57 bits per heavy atom. The number of hydrogen-bond acceptors (Lipinski definition) is 4. The molecular formula is C17H28N4O2. The molecule has 0 radical (unpaired) electrons. The van der Waals surface area contributed by atoms with Crippen LogP contribution >= 0.6 is 0 Å². The van der Waals surface area contributed by atoms with E-state index < -0.39 is 0 Å². The highest BCUT2D eigenvalue weighted by Gasteiger charge is 2.31. The number of aryl methyl sites for hydroxylation is 2. The molecule has 1 aliphatic heterocycles. The van der Waals surface area contributed by atoms with E-state index >= 15 is 0 Å². The van der Waals surface area contributed by atoms with E-state index in [-0.39, 0.29) is 18.1 Å². The van der Waals surface area contributed by atoms with Crippen molar-refractivity contribution in [3.05, 3.63) is 17.5 Å². The average molecular weight is 320 g/mol. The van der Waals surface area contributed by atoms with Crippen LogP contribution in [0.5, 0.6) is 0 Å². The fourth-order valence-electron chi connectivity index (χ4n) is 3.82. The number of piperidine rings is 1. The predicted molar refractivity (Wildman–Crippen MR) is 88.3 cm³/mol. The summed E-state index contributed by atoms with van der Waals surface area (Å²) in [6.45, 7) is 3.85. The van der Waals surface area contributed by atoms with E-state index in [1.54, 1.807) is 4.68 Å². The van der Waals surface area contributed by atoms with Crippen LogP contribution in [0.25, 0.3) is 0 Å². The zero-order valence-corrected chi connectivity index (χ0v) is 14.2. The first-order chi connectivity index (χ1) is 11.0. The summed E-state index contributed by atoms with van der Waals surface area (Å²) in [6.07, 6.45) is 6.12. The van der Waals surface area contributed by atoms with E-state index in [2.05, 4.69) is 15.3 Å². The molecular weight excluding hydrogens is 292 g/mol. The van der Waals surface area contributed by atoms with Crippen molar-refractivity contribution in [1.29, 1.82) is 0 Å². The Bertz CT molecular complexity index is 529. The van der Waals surface area contributed by atoms with Crippen LogP contribution in [0.15, 0.2) is 6.07 Å². The molecule has 2 fully saturated rings. The summed E-state index contributed by atoms with van der Waals surface area (Å²) in [7, 11) is 1.85. The first-order valence-corrected chi connectivity index (χ1v) is 8.78. The minimum absolute atomic E-state index is 0.0788. The Balaban J connectivity index is 1.50. The maximum atomic E-state index is 12.3. The van der Waals surface area contributed by atoms with Crippen molar-refractivity contribution in [2.75, 3.05) is 13.1 Å². The van der Waals surface area contributed by atoms with Crippen molar-refractivity contribution in [1.82, 2.24) is 20.0 Å². The molecule has 0 spiro atoms. The zero-order chi connectivity index (χ0) is 16.4. The van der Waals surface area contributed by atoms with Crippen LogP contribution in [0.4, 0.5) is 0 Å². The van der Waals surface area contributed by atoms with E-state index in [4.69, 9.17) is 0 Å². The molecule has 2 atom stereocenters. The number of aliphatic hydroxyl groups is 1. The number of aliphatic hydroxyl groups excluding tert-OH is 1. The second kappa shape index (κ2) is 7.01. The van der Waals surface area contributed by atoms with Gasteiger partial charge in [0.2, 0.25) is 0 Å². The summed E-state index contributed by atoms with van der Waals surface area (Å²) in [5.74, 6) is -0.0788. The van der Waals surface area contributed by atoms with Crippen LogP contribution in [0.1, 0.15) is 54.7 Å². The van der Waals surface area contributed by atoms with Crippen LogP contribution in [-0.4, -0.2) is 57.0 Å². The van der Waals surface area contributed by atoms with Crippen molar-refractivity contribution < 1.29 is 9.90 Å². The molecule has 2 heterocycles. The van der Waals surface area contributed by atoms with Crippen molar-refractivity contribution in [3.63, 3.8) is 0 Å². The van der Waals surface area contributed by atoms with Crippen LogP contribution in [0, 0.1) is 6.92 Å². The van der Waals surface area contributed by atoms with Crippen LogP contribution < -0.4 is 5.32 Å². The molecule has 6 nitrogen and oxygen atoms in total. The third-order valence-corrected chi connectivity index (χ3v) is 5.37. The van der Waals surface area contributed by atoms with Crippen molar-refractivity contribution in [3.8, 4) is 0 Å². The quantitative estimate of drug-likeness (QED) is 0.879. The Labute approximate surface area is 137 Å². The number of carbonyl (C=O) groups is 1. The van der Waals surface area contributed by atoms with Gasteiger partial charge in [0.05, 0.1) is 6.10 Å². The van der Waals surface area contributed by atoms with Gasteiger partial charge in [0, 0.05) is 37.9 Å². The minimum Gasteiger partial charge on any atom is -0.391 e. The third kappa shape index (κ3) is 3.75. The Kier molecular flexibility index (Phi) is 5.02. The van der Waals surface area contributed by atoms with Crippen molar-refractivity contribution in [2.45, 2.75) is 63.6 Å². The maximum absolute atomic E-state index is 12.3.